The number of fused-ring (bicyclic) bond motifs is 2. The second-order valence-electron chi connectivity index (χ2n) is 20.5. The Kier molecular flexibility index (Phi) is 14.1. The van der Waals surface area contributed by atoms with Gasteiger partial charge in [0.05, 0.1) is 30.3 Å². The highest BCUT2D eigenvalue weighted by Crippen LogP contribution is 2.51. The molecule has 3 saturated heterocycles. The zero-order valence-electron chi connectivity index (χ0n) is 38.2. The van der Waals surface area contributed by atoms with Crippen molar-refractivity contribution in [1.29, 1.82) is 0 Å². The van der Waals surface area contributed by atoms with Gasteiger partial charge in [0.25, 0.3) is 11.8 Å². The first-order valence-corrected chi connectivity index (χ1v) is 26.2. The van der Waals surface area contributed by atoms with E-state index < -0.39 is 44.1 Å². The molecule has 0 saturated carbocycles. The number of esters is 1. The Bertz CT molecular complexity index is 2010. The largest absolute Gasteiger partial charge is 0.465 e. The molecule has 10 atom stereocenters. The first kappa shape index (κ1) is 46.6. The minimum Gasteiger partial charge on any atom is -0.465 e. The van der Waals surface area contributed by atoms with E-state index in [1.807, 2.05) is 0 Å². The van der Waals surface area contributed by atoms with Crippen LogP contribution in [0.15, 0.2) is 42.0 Å². The van der Waals surface area contributed by atoms with Gasteiger partial charge >= 0.3 is 12.1 Å². The quantitative estimate of drug-likeness (QED) is 0.0726. The van der Waals surface area contributed by atoms with Crippen LogP contribution in [0.5, 0.6) is 0 Å². The maximum Gasteiger partial charge on any atom is 0.407 e. The molecule has 2 aliphatic carbocycles. The number of anilines is 1. The van der Waals surface area contributed by atoms with Gasteiger partial charge in [-0.15, -0.1) is 0 Å². The number of imide groups is 2. The second-order valence-corrected chi connectivity index (χ2v) is 25.3. The van der Waals surface area contributed by atoms with E-state index in [9.17, 15) is 33.9 Å². The lowest BCUT2D eigenvalue weighted by Crippen LogP contribution is -2.54. The predicted octanol–water partition coefficient (Wildman–Crippen LogP) is 7.56. The Morgan fingerprint density at radius 1 is 1.00 bits per heavy atom. The van der Waals surface area contributed by atoms with Crippen molar-refractivity contribution in [1.82, 2.24) is 15.1 Å². The van der Waals surface area contributed by atoms with Gasteiger partial charge in [0.1, 0.15) is 12.1 Å². The summed E-state index contributed by atoms with van der Waals surface area (Å²) in [5, 5.41) is 16.1. The van der Waals surface area contributed by atoms with Crippen molar-refractivity contribution < 1.29 is 47.8 Å². The third kappa shape index (κ3) is 10.1. The number of nitrogens with zero attached hydrogens (tertiary/aromatic N) is 2. The molecule has 3 fully saturated rings. The van der Waals surface area contributed by atoms with Gasteiger partial charge in [0, 0.05) is 44.3 Å². The van der Waals surface area contributed by atoms with Gasteiger partial charge in [0.2, 0.25) is 11.8 Å². The van der Waals surface area contributed by atoms with Crippen LogP contribution in [0.2, 0.25) is 18.1 Å². The smallest absolute Gasteiger partial charge is 0.407 e. The molecular formula is C48H68N4O10Si. The Balaban J connectivity index is 0.951. The number of carboxylic acid groups (broad SMARTS) is 1. The summed E-state index contributed by atoms with van der Waals surface area (Å²) in [4.78, 5) is 79.4. The van der Waals surface area contributed by atoms with E-state index in [0.29, 0.717) is 56.7 Å². The average molecular weight is 889 g/mol. The number of hydrogen-bond acceptors (Lipinski definition) is 10. The Morgan fingerprint density at radius 2 is 1.78 bits per heavy atom. The number of cyclic esters (lactones) is 1. The molecule has 0 spiro atoms. The molecule has 7 rings (SSSR count). The van der Waals surface area contributed by atoms with Crippen LogP contribution < -0.4 is 10.6 Å². The molecule has 0 aromatic heterocycles. The highest BCUT2D eigenvalue weighted by molar-refractivity contribution is 6.74. The molecule has 14 nitrogen and oxygen atoms in total. The van der Waals surface area contributed by atoms with Crippen LogP contribution >= 0.6 is 0 Å². The molecule has 4 aliphatic heterocycles. The van der Waals surface area contributed by atoms with E-state index in [4.69, 9.17) is 13.9 Å². The zero-order chi connectivity index (χ0) is 45.4. The maximum atomic E-state index is 13.5. The van der Waals surface area contributed by atoms with E-state index in [-0.39, 0.29) is 76.9 Å². The van der Waals surface area contributed by atoms with Crippen LogP contribution in [0.25, 0.3) is 0 Å². The summed E-state index contributed by atoms with van der Waals surface area (Å²) >= 11 is 0. The first-order chi connectivity index (χ1) is 29.8. The lowest BCUT2D eigenvalue weighted by molar-refractivity contribution is -0.160. The fraction of sp³-hybridized carbons (Fsp3) is 0.667. The second kappa shape index (κ2) is 19.0. The molecule has 1 aromatic rings. The lowest BCUT2D eigenvalue weighted by atomic mass is 9.59. The van der Waals surface area contributed by atoms with Crippen molar-refractivity contribution in [2.75, 3.05) is 31.6 Å². The average Bonchev–Trinajstić information content (AvgIpc) is 3.46. The van der Waals surface area contributed by atoms with Crippen molar-refractivity contribution in [2.45, 2.75) is 141 Å². The van der Waals surface area contributed by atoms with E-state index in [1.54, 1.807) is 23.1 Å². The molecule has 6 aliphatic rings. The summed E-state index contributed by atoms with van der Waals surface area (Å²) in [7, 11) is -2.07. The number of allylic oxidation sites excluding steroid dienone is 4. The van der Waals surface area contributed by atoms with Crippen LogP contribution in [0.4, 0.5) is 10.5 Å². The van der Waals surface area contributed by atoms with Gasteiger partial charge in [-0.2, -0.15) is 0 Å². The van der Waals surface area contributed by atoms with E-state index in [0.717, 1.165) is 43.4 Å². The Hall–Kier alpha value is -4.34. The molecule has 3 N–H and O–H groups in total. The number of piperidine rings is 2. The number of carbonyl (C=O) groups excluding carboxylic acids is 5. The van der Waals surface area contributed by atoms with E-state index >= 15 is 0 Å². The number of rotatable bonds is 14. The van der Waals surface area contributed by atoms with Gasteiger partial charge in [-0.3, -0.25) is 34.2 Å². The van der Waals surface area contributed by atoms with Gasteiger partial charge < -0.3 is 29.2 Å². The number of likely N-dealkylation sites (tertiary alicyclic amines) is 1. The molecule has 15 heteroatoms. The Morgan fingerprint density at radius 3 is 2.51 bits per heavy atom. The van der Waals surface area contributed by atoms with Crippen molar-refractivity contribution >= 4 is 49.7 Å². The maximum absolute atomic E-state index is 13.5. The number of ether oxygens (including phenoxy) is 2. The van der Waals surface area contributed by atoms with Crippen molar-refractivity contribution in [3.05, 3.63) is 53.1 Å². The monoisotopic (exact) mass is 888 g/mol. The number of amides is 5. The van der Waals surface area contributed by atoms with E-state index in [2.05, 4.69) is 76.6 Å². The molecule has 1 aromatic carbocycles. The molecule has 344 valence electrons. The summed E-state index contributed by atoms with van der Waals surface area (Å²) in [5.41, 5.74) is 2.21. The van der Waals surface area contributed by atoms with Crippen molar-refractivity contribution in [2.24, 2.45) is 35.5 Å². The normalized spacial score (nSPS) is 31.3. The predicted molar refractivity (Wildman–Crippen MR) is 239 cm³/mol. The fourth-order valence-corrected chi connectivity index (χ4v) is 12.3. The molecule has 5 amide bonds. The van der Waals surface area contributed by atoms with Crippen molar-refractivity contribution in [3.63, 3.8) is 0 Å². The molecule has 0 radical (unpaired) electrons. The van der Waals surface area contributed by atoms with Crippen LogP contribution in [-0.2, 0) is 28.3 Å². The van der Waals surface area contributed by atoms with E-state index in [1.165, 1.54) is 5.57 Å². The van der Waals surface area contributed by atoms with Crippen LogP contribution in [-0.4, -0.2) is 110 Å². The summed E-state index contributed by atoms with van der Waals surface area (Å²) in [6, 6.07) is 3.82. The van der Waals surface area contributed by atoms with Gasteiger partial charge in [-0.25, -0.2) is 4.79 Å². The van der Waals surface area contributed by atoms with Crippen LogP contribution in [0.1, 0.15) is 120 Å². The Labute approximate surface area is 373 Å². The lowest BCUT2D eigenvalue weighted by Gasteiger charge is -2.51. The van der Waals surface area contributed by atoms with Crippen LogP contribution in [0, 0.1) is 35.5 Å². The summed E-state index contributed by atoms with van der Waals surface area (Å²) in [5.74, 6) is -0.835. The zero-order valence-corrected chi connectivity index (χ0v) is 39.2. The number of benzene rings is 1. The summed E-state index contributed by atoms with van der Waals surface area (Å²) in [6.45, 7) is 17.3. The number of nitrogens with one attached hydrogen (secondary N) is 2. The third-order valence-electron chi connectivity index (χ3n) is 15.2. The van der Waals surface area contributed by atoms with Crippen molar-refractivity contribution in [3.8, 4) is 0 Å². The minimum atomic E-state index is -2.07. The molecule has 4 heterocycles. The SMILES string of the molecule is C[C@H]1C=C2C=C[C@H](C)[C@H](CC[C@@H]3C[C@@H](O[Si](C)(C)C(C)(C)C)CC(=O)O3)[C@@H]2[C@@H](C2CC(CCOCCNc3cccc4c3C(=O)N(C3CCC(=O)NC3=O)C4=O)CCN2C(=O)O)C1. The molecular weight excluding hydrogens is 821 g/mol. The van der Waals surface area contributed by atoms with Crippen LogP contribution in [0.3, 0.4) is 0 Å². The highest BCUT2D eigenvalue weighted by atomic mass is 28.4. The standard InChI is InChI=1S/C48H68N4O10Si/c1-28-23-31-12-11-29(2)34(14-13-32-26-33(27-41(54)61-32)62-63(6,7)48(3,4)5)42(31)36(24-28)39-25-30(17-20-51(39)47(58)59)18-21-60-22-19-49-37-10-8-9-35-43(37)46(57)52(45(35)56)38-15-16-40(53)50-44(38)55/h8-12,23,28-30,32-34,36,38-39,42,49H,13-22,24-27H2,1-7H3,(H,58,59)(H,50,53,55)/t28-,29-,30?,32+,33+,34-,36+,38?,39?,42+/m0/s1. The fourth-order valence-electron chi connectivity index (χ4n) is 11.0. The summed E-state index contributed by atoms with van der Waals surface area (Å²) in [6.07, 6.45) is 11.8. The molecule has 63 heavy (non-hydrogen) atoms. The minimum absolute atomic E-state index is 0.0428. The number of hydrogen-bond donors (Lipinski definition) is 3. The van der Waals surface area contributed by atoms with Gasteiger partial charge in [-0.1, -0.05) is 58.9 Å². The molecule has 0 bridgehead atoms. The summed E-state index contributed by atoms with van der Waals surface area (Å²) < 4.78 is 18.8. The first-order valence-electron chi connectivity index (χ1n) is 23.3. The molecule has 3 unspecified atom stereocenters. The topological polar surface area (TPSA) is 181 Å². The number of carbonyl (C=O) groups is 6. The van der Waals surface area contributed by atoms with Gasteiger partial charge in [0.15, 0.2) is 8.32 Å². The highest BCUT2D eigenvalue weighted by Gasteiger charge is 2.49. The van der Waals surface area contributed by atoms with Gasteiger partial charge in [-0.05, 0) is 116 Å². The third-order valence-corrected chi connectivity index (χ3v) is 19.7.